The van der Waals surface area contributed by atoms with Gasteiger partial charge in [0.25, 0.3) is 0 Å². The fourth-order valence-corrected chi connectivity index (χ4v) is 2.85. The summed E-state index contributed by atoms with van der Waals surface area (Å²) in [7, 11) is 0. The maximum absolute atomic E-state index is 5.57. The predicted octanol–water partition coefficient (Wildman–Crippen LogP) is 2.62. The second-order valence-corrected chi connectivity index (χ2v) is 5.42. The van der Waals surface area contributed by atoms with Crippen LogP contribution >= 0.6 is 0 Å². The summed E-state index contributed by atoms with van der Waals surface area (Å²) in [6.45, 7) is 3.45. The van der Waals surface area contributed by atoms with Gasteiger partial charge in [-0.3, -0.25) is 0 Å². The average Bonchev–Trinajstić information content (AvgIpc) is 2.88. The van der Waals surface area contributed by atoms with Crippen molar-refractivity contribution in [3.63, 3.8) is 0 Å². The van der Waals surface area contributed by atoms with Crippen molar-refractivity contribution < 1.29 is 4.74 Å². The SMILES string of the molecule is c1ccc(-c2cc(N3CCCOCC3)n3nccc3n2)cc1. The van der Waals surface area contributed by atoms with Gasteiger partial charge >= 0.3 is 0 Å². The minimum Gasteiger partial charge on any atom is -0.380 e. The molecule has 0 saturated carbocycles. The minimum absolute atomic E-state index is 0.756. The van der Waals surface area contributed by atoms with Crippen LogP contribution in [0.4, 0.5) is 5.82 Å². The first kappa shape index (κ1) is 13.3. The largest absolute Gasteiger partial charge is 0.380 e. The van der Waals surface area contributed by atoms with Crippen LogP contribution in [0.15, 0.2) is 48.7 Å². The summed E-state index contributed by atoms with van der Waals surface area (Å²) < 4.78 is 7.48. The van der Waals surface area contributed by atoms with Gasteiger partial charge in [-0.05, 0) is 6.42 Å². The van der Waals surface area contributed by atoms with E-state index < -0.39 is 0 Å². The lowest BCUT2D eigenvalue weighted by molar-refractivity contribution is 0.152. The Hall–Kier alpha value is -2.40. The summed E-state index contributed by atoms with van der Waals surface area (Å²) in [5, 5.41) is 4.43. The van der Waals surface area contributed by atoms with Crippen LogP contribution in [0, 0.1) is 0 Å². The van der Waals surface area contributed by atoms with Crippen LogP contribution in [-0.4, -0.2) is 40.9 Å². The predicted molar refractivity (Wildman–Crippen MR) is 86.1 cm³/mol. The molecule has 0 N–H and O–H groups in total. The number of rotatable bonds is 2. The zero-order valence-corrected chi connectivity index (χ0v) is 12.4. The fourth-order valence-electron chi connectivity index (χ4n) is 2.85. The molecule has 1 aliphatic rings. The molecule has 0 aliphatic carbocycles. The molecular weight excluding hydrogens is 276 g/mol. The highest BCUT2D eigenvalue weighted by atomic mass is 16.5. The van der Waals surface area contributed by atoms with Gasteiger partial charge in [0.15, 0.2) is 5.65 Å². The van der Waals surface area contributed by atoms with Crippen molar-refractivity contribution in [1.82, 2.24) is 14.6 Å². The number of hydrogen-bond donors (Lipinski definition) is 0. The molecule has 22 heavy (non-hydrogen) atoms. The van der Waals surface area contributed by atoms with Crippen LogP contribution in [0.3, 0.4) is 0 Å². The molecule has 0 bridgehead atoms. The molecule has 1 aliphatic heterocycles. The van der Waals surface area contributed by atoms with Crippen molar-refractivity contribution in [2.45, 2.75) is 6.42 Å². The van der Waals surface area contributed by atoms with Crippen molar-refractivity contribution in [3.8, 4) is 11.3 Å². The fraction of sp³-hybridized carbons (Fsp3) is 0.294. The summed E-state index contributed by atoms with van der Waals surface area (Å²) >= 11 is 0. The third-order valence-corrected chi connectivity index (χ3v) is 3.96. The van der Waals surface area contributed by atoms with Crippen LogP contribution < -0.4 is 4.90 Å². The molecule has 5 nitrogen and oxygen atoms in total. The Bertz CT molecular complexity index is 761. The molecule has 3 aromatic rings. The van der Waals surface area contributed by atoms with Crippen LogP contribution in [0.2, 0.25) is 0 Å². The maximum atomic E-state index is 5.57. The number of aromatic nitrogens is 3. The lowest BCUT2D eigenvalue weighted by Gasteiger charge is -2.23. The summed E-state index contributed by atoms with van der Waals surface area (Å²) in [5.74, 6) is 1.08. The quantitative estimate of drug-likeness (QED) is 0.728. The molecule has 3 heterocycles. The van der Waals surface area contributed by atoms with E-state index in [4.69, 9.17) is 9.72 Å². The smallest absolute Gasteiger partial charge is 0.157 e. The summed E-state index contributed by atoms with van der Waals surface area (Å²) in [6.07, 6.45) is 2.83. The highest BCUT2D eigenvalue weighted by Gasteiger charge is 2.16. The number of hydrogen-bond acceptors (Lipinski definition) is 4. The first-order valence-electron chi connectivity index (χ1n) is 7.65. The number of benzene rings is 1. The first-order valence-corrected chi connectivity index (χ1v) is 7.65. The molecule has 1 fully saturated rings. The molecule has 0 spiro atoms. The second kappa shape index (κ2) is 5.77. The number of nitrogens with zero attached hydrogens (tertiary/aromatic N) is 4. The highest BCUT2D eigenvalue weighted by molar-refractivity contribution is 5.66. The maximum Gasteiger partial charge on any atom is 0.157 e. The van der Waals surface area contributed by atoms with Crippen molar-refractivity contribution in [2.75, 3.05) is 31.2 Å². The van der Waals surface area contributed by atoms with Gasteiger partial charge in [0, 0.05) is 37.4 Å². The molecule has 5 heteroatoms. The van der Waals surface area contributed by atoms with Gasteiger partial charge in [-0.2, -0.15) is 9.61 Å². The topological polar surface area (TPSA) is 42.7 Å². The summed E-state index contributed by atoms with van der Waals surface area (Å²) in [6, 6.07) is 14.3. The number of fused-ring (bicyclic) bond motifs is 1. The summed E-state index contributed by atoms with van der Waals surface area (Å²) in [4.78, 5) is 7.06. The van der Waals surface area contributed by atoms with E-state index in [9.17, 15) is 0 Å². The van der Waals surface area contributed by atoms with E-state index in [1.165, 1.54) is 0 Å². The van der Waals surface area contributed by atoms with Crippen LogP contribution in [0.1, 0.15) is 6.42 Å². The van der Waals surface area contributed by atoms with Gasteiger partial charge in [-0.25, -0.2) is 4.98 Å². The van der Waals surface area contributed by atoms with Crippen molar-refractivity contribution in [3.05, 3.63) is 48.7 Å². The Morgan fingerprint density at radius 2 is 1.91 bits per heavy atom. The van der Waals surface area contributed by atoms with Gasteiger partial charge in [-0.15, -0.1) is 0 Å². The van der Waals surface area contributed by atoms with E-state index >= 15 is 0 Å². The van der Waals surface area contributed by atoms with Crippen LogP contribution in [0.5, 0.6) is 0 Å². The highest BCUT2D eigenvalue weighted by Crippen LogP contribution is 2.24. The van der Waals surface area contributed by atoms with E-state index in [2.05, 4.69) is 28.2 Å². The Balaban J connectivity index is 1.83. The molecule has 1 aromatic carbocycles. The third-order valence-electron chi connectivity index (χ3n) is 3.96. The lowest BCUT2D eigenvalue weighted by atomic mass is 10.1. The van der Waals surface area contributed by atoms with Gasteiger partial charge in [0.2, 0.25) is 0 Å². The Kier molecular flexibility index (Phi) is 3.48. The van der Waals surface area contributed by atoms with Gasteiger partial charge in [0.1, 0.15) is 5.82 Å². The Morgan fingerprint density at radius 3 is 2.82 bits per heavy atom. The Labute approximate surface area is 129 Å². The van der Waals surface area contributed by atoms with E-state index in [1.807, 2.05) is 28.8 Å². The van der Waals surface area contributed by atoms with Crippen LogP contribution in [0.25, 0.3) is 16.9 Å². The standard InChI is InChI=1S/C17H18N4O/c1-2-5-14(6-3-1)15-13-17(20-9-4-11-22-12-10-20)21-16(19-15)7-8-18-21/h1-3,5-8,13H,4,9-12H2. The molecule has 4 rings (SSSR count). The molecule has 0 atom stereocenters. The van der Waals surface area contributed by atoms with E-state index in [0.717, 1.165) is 55.4 Å². The van der Waals surface area contributed by atoms with Gasteiger partial charge in [0.05, 0.1) is 18.5 Å². The minimum atomic E-state index is 0.756. The average molecular weight is 294 g/mol. The molecule has 0 unspecified atom stereocenters. The zero-order valence-electron chi connectivity index (χ0n) is 12.4. The van der Waals surface area contributed by atoms with E-state index in [-0.39, 0.29) is 0 Å². The zero-order chi connectivity index (χ0) is 14.8. The van der Waals surface area contributed by atoms with Crippen molar-refractivity contribution >= 4 is 11.5 Å². The molecule has 2 aromatic heterocycles. The van der Waals surface area contributed by atoms with E-state index in [0.29, 0.717) is 0 Å². The first-order chi connectivity index (χ1) is 10.9. The normalized spacial score (nSPS) is 15.9. The second-order valence-electron chi connectivity index (χ2n) is 5.42. The van der Waals surface area contributed by atoms with E-state index in [1.54, 1.807) is 6.20 Å². The lowest BCUT2D eigenvalue weighted by Crippen LogP contribution is -2.28. The Morgan fingerprint density at radius 1 is 1.00 bits per heavy atom. The van der Waals surface area contributed by atoms with Crippen molar-refractivity contribution in [2.24, 2.45) is 0 Å². The van der Waals surface area contributed by atoms with Gasteiger partial charge in [-0.1, -0.05) is 30.3 Å². The molecule has 1 saturated heterocycles. The molecule has 112 valence electrons. The van der Waals surface area contributed by atoms with Crippen LogP contribution in [-0.2, 0) is 4.74 Å². The third kappa shape index (κ3) is 2.44. The molecule has 0 amide bonds. The molecule has 0 radical (unpaired) electrons. The number of anilines is 1. The van der Waals surface area contributed by atoms with Gasteiger partial charge < -0.3 is 9.64 Å². The monoisotopic (exact) mass is 294 g/mol. The molecular formula is C17H18N4O. The summed E-state index contributed by atoms with van der Waals surface area (Å²) in [5.41, 5.74) is 2.98. The number of ether oxygens (including phenoxy) is 1. The van der Waals surface area contributed by atoms with Crippen molar-refractivity contribution in [1.29, 1.82) is 0 Å².